The largest absolute Gasteiger partial charge is 0.269 e. The smallest absolute Gasteiger partial charge is 0.265 e. The first-order chi connectivity index (χ1) is 9.86. The lowest BCUT2D eigenvalue weighted by Crippen LogP contribution is -2.26. The third kappa shape index (κ3) is 3.39. The number of halogens is 3. The maximum atomic E-state index is 12.9. The van der Waals surface area contributed by atoms with Crippen molar-refractivity contribution >= 4 is 43.2 Å². The monoisotopic (exact) mass is 391 g/mol. The molecule has 2 aromatic rings. The first kappa shape index (κ1) is 16.3. The summed E-state index contributed by atoms with van der Waals surface area (Å²) in [5.41, 5.74) is 1.19. The number of rotatable bonds is 4. The third-order valence-corrected chi connectivity index (χ3v) is 6.05. The molecule has 0 spiro atoms. The van der Waals surface area contributed by atoms with Gasteiger partial charge in [0.25, 0.3) is 10.0 Å². The highest BCUT2D eigenvalue weighted by molar-refractivity contribution is 9.10. The zero-order valence-electron chi connectivity index (χ0n) is 11.1. The van der Waals surface area contributed by atoms with Gasteiger partial charge in [0.2, 0.25) is 0 Å². The van der Waals surface area contributed by atoms with Crippen LogP contribution in [0.1, 0.15) is 5.56 Å². The molecule has 2 rings (SSSR count). The molecule has 0 atom stereocenters. The second-order valence-corrected chi connectivity index (χ2v) is 7.41. The van der Waals surface area contributed by atoms with Gasteiger partial charge in [-0.2, -0.15) is 0 Å². The summed E-state index contributed by atoms with van der Waals surface area (Å²) in [6.45, 7) is 0. The Bertz CT molecular complexity index is 750. The Labute approximate surface area is 136 Å². The molecule has 0 bridgehead atoms. The van der Waals surface area contributed by atoms with Crippen molar-refractivity contribution in [3.63, 3.8) is 0 Å². The lowest BCUT2D eigenvalue weighted by atomic mass is 10.2. The summed E-state index contributed by atoms with van der Waals surface area (Å²) >= 11 is 8.97. The first-order valence-electron chi connectivity index (χ1n) is 5.95. The highest BCUT2D eigenvalue weighted by atomic mass is 79.9. The maximum absolute atomic E-state index is 12.9. The van der Waals surface area contributed by atoms with Crippen molar-refractivity contribution in [1.29, 1.82) is 0 Å². The van der Waals surface area contributed by atoms with Gasteiger partial charge >= 0.3 is 0 Å². The molecule has 2 aromatic carbocycles. The Morgan fingerprint density at radius 2 is 1.81 bits per heavy atom. The van der Waals surface area contributed by atoms with Crippen molar-refractivity contribution in [1.82, 2.24) is 0 Å². The molecule has 0 fully saturated rings. The molecule has 0 aliphatic heterocycles. The average Bonchev–Trinajstić information content (AvgIpc) is 2.46. The molecule has 0 aliphatic carbocycles. The van der Waals surface area contributed by atoms with E-state index >= 15 is 0 Å². The summed E-state index contributed by atoms with van der Waals surface area (Å²) < 4.78 is 39.7. The minimum atomic E-state index is -3.74. The van der Waals surface area contributed by atoms with Crippen LogP contribution in [0.15, 0.2) is 51.8 Å². The summed E-state index contributed by atoms with van der Waals surface area (Å²) in [4.78, 5) is 0.128. The number of alkyl halides is 1. The summed E-state index contributed by atoms with van der Waals surface area (Å²) in [6.07, 6.45) is 0. The molecule has 0 unspecified atom stereocenters. The van der Waals surface area contributed by atoms with Gasteiger partial charge in [0.05, 0.1) is 5.69 Å². The van der Waals surface area contributed by atoms with Crippen LogP contribution in [0.2, 0.25) is 0 Å². The quantitative estimate of drug-likeness (QED) is 0.733. The van der Waals surface area contributed by atoms with E-state index in [9.17, 15) is 12.8 Å². The van der Waals surface area contributed by atoms with Gasteiger partial charge < -0.3 is 0 Å². The fraction of sp³-hybridized carbons (Fsp3) is 0.143. The summed E-state index contributed by atoms with van der Waals surface area (Å²) in [5, 5.41) is 0. The van der Waals surface area contributed by atoms with Crippen LogP contribution in [0.5, 0.6) is 0 Å². The number of hydrogen-bond donors (Lipinski definition) is 0. The van der Waals surface area contributed by atoms with Crippen LogP contribution in [0, 0.1) is 5.82 Å². The molecule has 0 radical (unpaired) electrons. The molecule has 7 heteroatoms. The Balaban J connectivity index is 2.44. The minimum Gasteiger partial charge on any atom is -0.269 e. The summed E-state index contributed by atoms with van der Waals surface area (Å²) in [6, 6.07) is 10.1. The van der Waals surface area contributed by atoms with Gasteiger partial charge in [-0.05, 0) is 57.9 Å². The molecule has 21 heavy (non-hydrogen) atoms. The van der Waals surface area contributed by atoms with Gasteiger partial charge in [-0.3, -0.25) is 4.31 Å². The zero-order chi connectivity index (χ0) is 15.6. The topological polar surface area (TPSA) is 37.4 Å². The second-order valence-electron chi connectivity index (χ2n) is 4.35. The standard InChI is InChI=1S/C14H12BrClFNO2S/c1-18(12-5-3-11(17)4-6-12)21(19,20)14-7-2-10(9-16)8-13(14)15/h2-8H,9H2,1H3. The SMILES string of the molecule is CN(c1ccc(F)cc1)S(=O)(=O)c1ccc(CCl)cc1Br. The average molecular weight is 393 g/mol. The summed E-state index contributed by atoms with van der Waals surface area (Å²) in [5.74, 6) is -0.121. The third-order valence-electron chi connectivity index (χ3n) is 2.98. The van der Waals surface area contributed by atoms with Crippen LogP contribution in [-0.4, -0.2) is 15.5 Å². The van der Waals surface area contributed by atoms with Crippen LogP contribution in [-0.2, 0) is 15.9 Å². The number of sulfonamides is 1. The molecule has 0 N–H and O–H groups in total. The molecular weight excluding hydrogens is 381 g/mol. The van der Waals surface area contributed by atoms with Gasteiger partial charge in [0.15, 0.2) is 0 Å². The molecule has 0 aliphatic rings. The minimum absolute atomic E-state index is 0.128. The van der Waals surface area contributed by atoms with Crippen LogP contribution >= 0.6 is 27.5 Å². The van der Waals surface area contributed by atoms with Crippen LogP contribution in [0.25, 0.3) is 0 Å². The van der Waals surface area contributed by atoms with Crippen molar-refractivity contribution in [2.45, 2.75) is 10.8 Å². The normalized spacial score (nSPS) is 11.4. The van der Waals surface area contributed by atoms with Crippen molar-refractivity contribution in [2.75, 3.05) is 11.4 Å². The van der Waals surface area contributed by atoms with E-state index in [1.807, 2.05) is 0 Å². The van der Waals surface area contributed by atoms with Gasteiger partial charge in [-0.25, -0.2) is 12.8 Å². The van der Waals surface area contributed by atoms with E-state index in [0.29, 0.717) is 16.0 Å². The van der Waals surface area contributed by atoms with Crippen molar-refractivity contribution in [3.8, 4) is 0 Å². The fourth-order valence-corrected chi connectivity index (χ4v) is 4.22. The fourth-order valence-electron chi connectivity index (χ4n) is 1.77. The number of hydrogen-bond acceptors (Lipinski definition) is 2. The van der Waals surface area contributed by atoms with E-state index in [4.69, 9.17) is 11.6 Å². The maximum Gasteiger partial charge on any atom is 0.265 e. The molecule has 0 heterocycles. The van der Waals surface area contributed by atoms with Gasteiger partial charge in [-0.15, -0.1) is 11.6 Å². The molecular formula is C14H12BrClFNO2S. The van der Waals surface area contributed by atoms with E-state index in [-0.39, 0.29) is 4.90 Å². The zero-order valence-corrected chi connectivity index (χ0v) is 14.2. The van der Waals surface area contributed by atoms with Crippen LogP contribution < -0.4 is 4.31 Å². The second kappa shape index (κ2) is 6.34. The predicted molar refractivity (Wildman–Crippen MR) is 85.7 cm³/mol. The predicted octanol–water partition coefficient (Wildman–Crippen LogP) is 4.15. The molecule has 0 amide bonds. The Morgan fingerprint density at radius 3 is 2.33 bits per heavy atom. The molecule has 0 saturated carbocycles. The van der Waals surface area contributed by atoms with Gasteiger partial charge in [0.1, 0.15) is 10.7 Å². The van der Waals surface area contributed by atoms with E-state index in [0.717, 1.165) is 9.87 Å². The highest BCUT2D eigenvalue weighted by Crippen LogP contribution is 2.29. The lowest BCUT2D eigenvalue weighted by Gasteiger charge is -2.20. The number of benzene rings is 2. The van der Waals surface area contributed by atoms with Crippen molar-refractivity contribution < 1.29 is 12.8 Å². The van der Waals surface area contributed by atoms with Crippen molar-refractivity contribution in [3.05, 3.63) is 58.3 Å². The van der Waals surface area contributed by atoms with E-state index < -0.39 is 15.8 Å². The molecule has 0 aromatic heterocycles. The number of anilines is 1. The van der Waals surface area contributed by atoms with E-state index in [1.54, 1.807) is 12.1 Å². The molecule has 112 valence electrons. The van der Waals surface area contributed by atoms with E-state index in [2.05, 4.69) is 15.9 Å². The van der Waals surface area contributed by atoms with Crippen LogP contribution in [0.3, 0.4) is 0 Å². The van der Waals surface area contributed by atoms with Crippen LogP contribution in [0.4, 0.5) is 10.1 Å². The summed E-state index contributed by atoms with van der Waals surface area (Å²) in [7, 11) is -2.32. The Hall–Kier alpha value is -1.11. The Kier molecular flexibility index (Phi) is 4.91. The number of nitrogens with zero attached hydrogens (tertiary/aromatic N) is 1. The lowest BCUT2D eigenvalue weighted by molar-refractivity contribution is 0.593. The highest BCUT2D eigenvalue weighted by Gasteiger charge is 2.24. The van der Waals surface area contributed by atoms with Gasteiger partial charge in [-0.1, -0.05) is 6.07 Å². The van der Waals surface area contributed by atoms with E-state index in [1.165, 1.54) is 37.4 Å². The van der Waals surface area contributed by atoms with Gasteiger partial charge in [0, 0.05) is 17.4 Å². The molecule has 3 nitrogen and oxygen atoms in total. The molecule has 0 saturated heterocycles. The first-order valence-corrected chi connectivity index (χ1v) is 8.72. The Morgan fingerprint density at radius 1 is 1.19 bits per heavy atom. The van der Waals surface area contributed by atoms with Crippen molar-refractivity contribution in [2.24, 2.45) is 0 Å².